The maximum absolute atomic E-state index is 12.4. The molecule has 1 amide bonds. The first-order valence-electron chi connectivity index (χ1n) is 5.93. The molecule has 1 aromatic rings. The number of carbonyl (C=O) groups is 1. The number of nitrogens with two attached hydrogens (primary N) is 1. The van der Waals surface area contributed by atoms with Gasteiger partial charge in [0.05, 0.1) is 16.8 Å². The van der Waals surface area contributed by atoms with Gasteiger partial charge in [0.15, 0.2) is 0 Å². The van der Waals surface area contributed by atoms with Crippen LogP contribution in [0.5, 0.6) is 0 Å². The molecule has 1 aromatic carbocycles. The monoisotopic (exact) mass is 280 g/mol. The first-order chi connectivity index (χ1) is 8.61. The molecule has 0 aromatic heterocycles. The van der Waals surface area contributed by atoms with E-state index < -0.39 is 0 Å². The molecule has 3 nitrogen and oxygen atoms in total. The fraction of sp³-hybridized carbons (Fsp3) is 0.385. The molecule has 1 unspecified atom stereocenters. The summed E-state index contributed by atoms with van der Waals surface area (Å²) in [5, 5.41) is -0.0308. The van der Waals surface area contributed by atoms with Crippen LogP contribution in [0.25, 0.3) is 0 Å². The number of thiocarbonyl (C=S) groups is 1. The zero-order valence-corrected chi connectivity index (χ0v) is 11.9. The van der Waals surface area contributed by atoms with Crippen LogP contribution in [0.4, 0.5) is 0 Å². The number of amides is 1. The van der Waals surface area contributed by atoms with Crippen LogP contribution >= 0.6 is 24.0 Å². The summed E-state index contributed by atoms with van der Waals surface area (Å²) in [5.74, 6) is 0.131. The Kier molecular flexibility index (Phi) is 4.24. The summed E-state index contributed by atoms with van der Waals surface area (Å²) in [4.78, 5) is 15.7. The zero-order chi connectivity index (χ0) is 13.1. The minimum Gasteiger partial charge on any atom is -0.392 e. The molecule has 0 spiro atoms. The first kappa shape index (κ1) is 13.4. The van der Waals surface area contributed by atoms with Crippen molar-refractivity contribution in [1.29, 1.82) is 0 Å². The fourth-order valence-electron chi connectivity index (χ4n) is 2.06. The SMILES string of the molecule is CCN(CC(N)=S)C(=O)C1Cc2ccccc2S1. The largest absolute Gasteiger partial charge is 0.392 e. The normalized spacial score (nSPS) is 17.3. The van der Waals surface area contributed by atoms with E-state index in [1.54, 1.807) is 16.7 Å². The molecule has 0 radical (unpaired) electrons. The maximum Gasteiger partial charge on any atom is 0.236 e. The number of carbonyl (C=O) groups excluding carboxylic acids is 1. The molecule has 2 N–H and O–H groups in total. The molecule has 1 atom stereocenters. The second-order valence-electron chi connectivity index (χ2n) is 4.24. The molecular weight excluding hydrogens is 264 g/mol. The van der Waals surface area contributed by atoms with E-state index in [0.29, 0.717) is 18.1 Å². The summed E-state index contributed by atoms with van der Waals surface area (Å²) < 4.78 is 0. The summed E-state index contributed by atoms with van der Waals surface area (Å²) in [7, 11) is 0. The van der Waals surface area contributed by atoms with Gasteiger partial charge in [0.2, 0.25) is 5.91 Å². The average Bonchev–Trinajstić information content (AvgIpc) is 2.78. The molecule has 1 aliphatic heterocycles. The van der Waals surface area contributed by atoms with Gasteiger partial charge in [0.25, 0.3) is 0 Å². The van der Waals surface area contributed by atoms with Crippen LogP contribution in [0.15, 0.2) is 29.2 Å². The highest BCUT2D eigenvalue weighted by Gasteiger charge is 2.30. The van der Waals surface area contributed by atoms with Gasteiger partial charge in [-0.3, -0.25) is 4.79 Å². The Hall–Kier alpha value is -1.07. The van der Waals surface area contributed by atoms with Crippen LogP contribution < -0.4 is 5.73 Å². The number of fused-ring (bicyclic) bond motifs is 1. The van der Waals surface area contributed by atoms with Crippen molar-refractivity contribution in [3.05, 3.63) is 29.8 Å². The Morgan fingerprint density at radius 1 is 1.56 bits per heavy atom. The number of hydrogen-bond donors (Lipinski definition) is 1. The summed E-state index contributed by atoms with van der Waals surface area (Å²) >= 11 is 6.52. The minimum absolute atomic E-state index is 0.0308. The molecule has 96 valence electrons. The lowest BCUT2D eigenvalue weighted by Crippen LogP contribution is -2.42. The van der Waals surface area contributed by atoms with Crippen molar-refractivity contribution in [2.75, 3.05) is 13.1 Å². The van der Waals surface area contributed by atoms with Gasteiger partial charge in [-0.05, 0) is 25.0 Å². The summed E-state index contributed by atoms with van der Waals surface area (Å²) in [6, 6.07) is 8.17. The highest BCUT2D eigenvalue weighted by molar-refractivity contribution is 8.01. The van der Waals surface area contributed by atoms with E-state index >= 15 is 0 Å². The number of hydrogen-bond acceptors (Lipinski definition) is 3. The molecule has 1 aliphatic rings. The lowest BCUT2D eigenvalue weighted by molar-refractivity contribution is -0.129. The topological polar surface area (TPSA) is 46.3 Å². The van der Waals surface area contributed by atoms with Crippen molar-refractivity contribution < 1.29 is 4.79 Å². The molecule has 2 rings (SSSR count). The lowest BCUT2D eigenvalue weighted by atomic mass is 10.1. The molecule has 0 fully saturated rings. The van der Waals surface area contributed by atoms with Crippen molar-refractivity contribution in [1.82, 2.24) is 4.90 Å². The highest BCUT2D eigenvalue weighted by Crippen LogP contribution is 2.37. The smallest absolute Gasteiger partial charge is 0.236 e. The molecular formula is C13H16N2OS2. The molecule has 1 heterocycles. The molecule has 0 bridgehead atoms. The summed E-state index contributed by atoms with van der Waals surface area (Å²) in [6.45, 7) is 2.96. The minimum atomic E-state index is -0.0308. The summed E-state index contributed by atoms with van der Waals surface area (Å²) in [6.07, 6.45) is 0.799. The van der Waals surface area contributed by atoms with Crippen molar-refractivity contribution in [2.24, 2.45) is 5.73 Å². The predicted molar refractivity (Wildman–Crippen MR) is 78.8 cm³/mol. The maximum atomic E-state index is 12.4. The second-order valence-corrected chi connectivity index (χ2v) is 6.01. The van der Waals surface area contributed by atoms with E-state index in [9.17, 15) is 4.79 Å². The number of rotatable bonds is 4. The Bertz CT molecular complexity index is 451. The van der Waals surface area contributed by atoms with E-state index in [1.165, 1.54) is 10.5 Å². The number of likely N-dealkylation sites (N-methyl/N-ethyl adjacent to an activating group) is 1. The second kappa shape index (κ2) is 5.71. The first-order valence-corrected chi connectivity index (χ1v) is 7.22. The van der Waals surface area contributed by atoms with E-state index in [2.05, 4.69) is 12.1 Å². The van der Waals surface area contributed by atoms with E-state index in [0.717, 1.165) is 6.42 Å². The van der Waals surface area contributed by atoms with E-state index in [1.807, 2.05) is 19.1 Å². The van der Waals surface area contributed by atoms with Gasteiger partial charge in [-0.2, -0.15) is 0 Å². The van der Waals surface area contributed by atoms with E-state index in [4.69, 9.17) is 18.0 Å². The Morgan fingerprint density at radius 2 is 2.28 bits per heavy atom. The Labute approximate surface area is 117 Å². The molecule has 5 heteroatoms. The van der Waals surface area contributed by atoms with Gasteiger partial charge in [-0.15, -0.1) is 11.8 Å². The zero-order valence-electron chi connectivity index (χ0n) is 10.3. The van der Waals surface area contributed by atoms with Gasteiger partial charge in [0.1, 0.15) is 0 Å². The molecule has 0 saturated carbocycles. The van der Waals surface area contributed by atoms with Crippen molar-refractivity contribution in [3.63, 3.8) is 0 Å². The van der Waals surface area contributed by atoms with E-state index in [-0.39, 0.29) is 11.2 Å². The van der Waals surface area contributed by atoms with Gasteiger partial charge in [-0.1, -0.05) is 30.4 Å². The van der Waals surface area contributed by atoms with Crippen molar-refractivity contribution in [3.8, 4) is 0 Å². The summed E-state index contributed by atoms with van der Waals surface area (Å²) in [5.41, 5.74) is 6.78. The van der Waals surface area contributed by atoms with Crippen LogP contribution in [0.3, 0.4) is 0 Å². The Balaban J connectivity index is 2.06. The quantitative estimate of drug-likeness (QED) is 0.855. The lowest BCUT2D eigenvalue weighted by Gasteiger charge is -2.23. The van der Waals surface area contributed by atoms with Gasteiger partial charge < -0.3 is 10.6 Å². The van der Waals surface area contributed by atoms with Gasteiger partial charge in [0, 0.05) is 11.4 Å². The van der Waals surface area contributed by atoms with Crippen molar-refractivity contribution >= 4 is 34.9 Å². The van der Waals surface area contributed by atoms with Crippen LogP contribution in [0.1, 0.15) is 12.5 Å². The van der Waals surface area contributed by atoms with Gasteiger partial charge in [-0.25, -0.2) is 0 Å². The van der Waals surface area contributed by atoms with Crippen LogP contribution in [-0.4, -0.2) is 34.1 Å². The van der Waals surface area contributed by atoms with Crippen LogP contribution in [0.2, 0.25) is 0 Å². The Morgan fingerprint density at radius 3 is 2.89 bits per heavy atom. The average molecular weight is 280 g/mol. The standard InChI is InChI=1S/C13H16N2OS2/c1-2-15(8-12(14)17)13(16)11-7-9-5-3-4-6-10(9)18-11/h3-6,11H,2,7-8H2,1H3,(H2,14,17). The number of thioether (sulfide) groups is 1. The molecule has 0 saturated heterocycles. The number of benzene rings is 1. The third-order valence-corrected chi connectivity index (χ3v) is 4.40. The van der Waals surface area contributed by atoms with Crippen molar-refractivity contribution in [2.45, 2.75) is 23.5 Å². The third kappa shape index (κ3) is 2.84. The third-order valence-electron chi connectivity index (χ3n) is 2.96. The molecule has 0 aliphatic carbocycles. The van der Waals surface area contributed by atoms with Crippen LogP contribution in [0, 0.1) is 0 Å². The number of nitrogens with zero attached hydrogens (tertiary/aromatic N) is 1. The highest BCUT2D eigenvalue weighted by atomic mass is 32.2. The predicted octanol–water partition coefficient (Wildman–Crippen LogP) is 1.84. The fourth-order valence-corrected chi connectivity index (χ4v) is 3.49. The van der Waals surface area contributed by atoms with Crippen LogP contribution in [-0.2, 0) is 11.2 Å². The molecule has 18 heavy (non-hydrogen) atoms. The van der Waals surface area contributed by atoms with Gasteiger partial charge >= 0.3 is 0 Å².